The summed E-state index contributed by atoms with van der Waals surface area (Å²) < 4.78 is 6.53. The molecule has 112 valence electrons. The van der Waals surface area contributed by atoms with Crippen LogP contribution in [0.2, 0.25) is 5.02 Å². The lowest BCUT2D eigenvalue weighted by Crippen LogP contribution is -2.23. The van der Waals surface area contributed by atoms with E-state index in [2.05, 4.69) is 59.1 Å². The fourth-order valence-corrected chi connectivity index (χ4v) is 3.25. The zero-order valence-electron chi connectivity index (χ0n) is 12.2. The molecule has 0 saturated carbocycles. The van der Waals surface area contributed by atoms with Gasteiger partial charge < -0.3 is 10.1 Å². The molecule has 4 heteroatoms. The summed E-state index contributed by atoms with van der Waals surface area (Å²) in [6.45, 7) is 3.03. The Morgan fingerprint density at radius 1 is 1.24 bits per heavy atom. The van der Waals surface area contributed by atoms with E-state index in [1.54, 1.807) is 7.11 Å². The summed E-state index contributed by atoms with van der Waals surface area (Å²) in [5.74, 6) is 0.892. The molecule has 21 heavy (non-hydrogen) atoms. The zero-order chi connectivity index (χ0) is 15.2. The van der Waals surface area contributed by atoms with Gasteiger partial charge in [-0.3, -0.25) is 0 Å². The Morgan fingerprint density at radius 2 is 2.05 bits per heavy atom. The van der Waals surface area contributed by atoms with Crippen molar-refractivity contribution < 1.29 is 4.74 Å². The molecule has 2 rings (SSSR count). The lowest BCUT2D eigenvalue weighted by atomic mass is 9.98. The number of nitrogens with one attached hydrogen (secondary N) is 1. The number of methoxy groups -OCH3 is 1. The maximum absolute atomic E-state index is 6.16. The molecule has 1 atom stereocenters. The molecule has 0 radical (unpaired) electrons. The van der Waals surface area contributed by atoms with Crippen LogP contribution in [-0.4, -0.2) is 13.7 Å². The minimum atomic E-state index is 0.243. The molecular weight excluding hydrogens is 397 g/mol. The first-order chi connectivity index (χ1) is 10.1. The molecular formula is C17H19ClINO. The highest BCUT2D eigenvalue weighted by Gasteiger charge is 2.15. The van der Waals surface area contributed by atoms with Crippen molar-refractivity contribution in [1.29, 1.82) is 0 Å². The Balaban J connectivity index is 2.28. The number of benzene rings is 2. The Hall–Kier alpha value is -0.780. The lowest BCUT2D eigenvalue weighted by molar-refractivity contribution is 0.414. The van der Waals surface area contributed by atoms with Gasteiger partial charge in [0.25, 0.3) is 0 Å². The van der Waals surface area contributed by atoms with Crippen LogP contribution in [0.5, 0.6) is 5.75 Å². The monoisotopic (exact) mass is 415 g/mol. The third-order valence-electron chi connectivity index (χ3n) is 3.36. The van der Waals surface area contributed by atoms with Crippen molar-refractivity contribution in [2.45, 2.75) is 19.4 Å². The van der Waals surface area contributed by atoms with Crippen molar-refractivity contribution in [3.8, 4) is 5.75 Å². The van der Waals surface area contributed by atoms with Gasteiger partial charge in [-0.1, -0.05) is 30.7 Å². The van der Waals surface area contributed by atoms with Crippen LogP contribution in [0.4, 0.5) is 0 Å². The van der Waals surface area contributed by atoms with Crippen molar-refractivity contribution in [3.05, 3.63) is 62.2 Å². The second kappa shape index (κ2) is 8.01. The molecule has 1 unspecified atom stereocenters. The molecule has 2 aromatic carbocycles. The number of hydrogen-bond donors (Lipinski definition) is 1. The second-order valence-electron chi connectivity index (χ2n) is 4.83. The molecule has 0 spiro atoms. The Morgan fingerprint density at radius 3 is 2.76 bits per heavy atom. The highest BCUT2D eigenvalue weighted by Crippen LogP contribution is 2.27. The van der Waals surface area contributed by atoms with Gasteiger partial charge in [0.2, 0.25) is 0 Å². The van der Waals surface area contributed by atoms with Gasteiger partial charge in [-0.25, -0.2) is 0 Å². The van der Waals surface area contributed by atoms with Crippen molar-refractivity contribution >= 4 is 34.2 Å². The first kappa shape index (κ1) is 16.6. The van der Waals surface area contributed by atoms with E-state index >= 15 is 0 Å². The Kier molecular flexibility index (Phi) is 6.33. The molecule has 0 fully saturated rings. The summed E-state index contributed by atoms with van der Waals surface area (Å²) in [6, 6.07) is 14.5. The van der Waals surface area contributed by atoms with E-state index in [1.165, 1.54) is 14.7 Å². The van der Waals surface area contributed by atoms with Gasteiger partial charge in [-0.15, -0.1) is 0 Å². The average Bonchev–Trinajstić information content (AvgIpc) is 2.49. The second-order valence-corrected chi connectivity index (χ2v) is 6.43. The van der Waals surface area contributed by atoms with Crippen LogP contribution in [0.25, 0.3) is 0 Å². The molecule has 2 aromatic rings. The smallest absolute Gasteiger partial charge is 0.119 e. The third-order valence-corrected chi connectivity index (χ3v) is 4.58. The Bertz CT molecular complexity index is 603. The van der Waals surface area contributed by atoms with Gasteiger partial charge in [-0.05, 0) is 77.0 Å². The molecule has 0 bridgehead atoms. The van der Waals surface area contributed by atoms with Crippen molar-refractivity contribution in [2.24, 2.45) is 0 Å². The number of halogens is 2. The predicted molar refractivity (Wildman–Crippen MR) is 97.3 cm³/mol. The number of rotatable bonds is 6. The normalized spacial score (nSPS) is 12.2. The van der Waals surface area contributed by atoms with Crippen LogP contribution in [0, 0.1) is 3.57 Å². The van der Waals surface area contributed by atoms with Gasteiger partial charge in [0.05, 0.1) is 7.11 Å². The zero-order valence-corrected chi connectivity index (χ0v) is 15.1. The van der Waals surface area contributed by atoms with Crippen LogP contribution in [0.15, 0.2) is 42.5 Å². The van der Waals surface area contributed by atoms with Crippen LogP contribution < -0.4 is 10.1 Å². The van der Waals surface area contributed by atoms with Gasteiger partial charge in [0.15, 0.2) is 0 Å². The fraction of sp³-hybridized carbons (Fsp3) is 0.294. The molecule has 0 heterocycles. The molecule has 1 N–H and O–H groups in total. The topological polar surface area (TPSA) is 21.3 Å². The standard InChI is InChI=1S/C17H19ClINO/c1-3-20-17(15-11-13(18)7-8-16(15)19)10-12-5-4-6-14(9-12)21-2/h4-9,11,17,20H,3,10H2,1-2H3. The van der Waals surface area contributed by atoms with Gasteiger partial charge >= 0.3 is 0 Å². The van der Waals surface area contributed by atoms with E-state index in [9.17, 15) is 0 Å². The summed E-state index contributed by atoms with van der Waals surface area (Å²) in [4.78, 5) is 0. The molecule has 0 aliphatic carbocycles. The van der Waals surface area contributed by atoms with E-state index in [1.807, 2.05) is 18.2 Å². The number of ether oxygens (including phenoxy) is 1. The van der Waals surface area contributed by atoms with E-state index < -0.39 is 0 Å². The largest absolute Gasteiger partial charge is 0.497 e. The maximum atomic E-state index is 6.16. The van der Waals surface area contributed by atoms with Crippen LogP contribution >= 0.6 is 34.2 Å². The van der Waals surface area contributed by atoms with E-state index in [0.29, 0.717) is 0 Å². The van der Waals surface area contributed by atoms with Crippen molar-refractivity contribution in [1.82, 2.24) is 5.32 Å². The minimum Gasteiger partial charge on any atom is -0.497 e. The minimum absolute atomic E-state index is 0.243. The summed E-state index contributed by atoms with van der Waals surface area (Å²) in [7, 11) is 1.70. The van der Waals surface area contributed by atoms with E-state index in [0.717, 1.165) is 23.7 Å². The summed E-state index contributed by atoms with van der Waals surface area (Å²) >= 11 is 8.53. The maximum Gasteiger partial charge on any atom is 0.119 e. The first-order valence-electron chi connectivity index (χ1n) is 6.95. The fourth-order valence-electron chi connectivity index (χ4n) is 2.36. The molecule has 2 nitrogen and oxygen atoms in total. The molecule has 0 amide bonds. The molecule has 0 aromatic heterocycles. The SMILES string of the molecule is CCNC(Cc1cccc(OC)c1)c1cc(Cl)ccc1I. The number of likely N-dealkylation sites (N-methyl/N-ethyl adjacent to an activating group) is 1. The summed E-state index contributed by atoms with van der Waals surface area (Å²) in [5, 5.41) is 4.33. The van der Waals surface area contributed by atoms with Gasteiger partial charge in [0.1, 0.15) is 5.75 Å². The number of hydrogen-bond acceptors (Lipinski definition) is 2. The van der Waals surface area contributed by atoms with Crippen molar-refractivity contribution in [2.75, 3.05) is 13.7 Å². The predicted octanol–water partition coefficient (Wildman–Crippen LogP) is 4.85. The quantitative estimate of drug-likeness (QED) is 0.681. The summed E-state index contributed by atoms with van der Waals surface area (Å²) in [6.07, 6.45) is 0.904. The van der Waals surface area contributed by atoms with Gasteiger partial charge in [0, 0.05) is 14.6 Å². The highest BCUT2D eigenvalue weighted by molar-refractivity contribution is 14.1. The molecule has 0 saturated heterocycles. The highest BCUT2D eigenvalue weighted by atomic mass is 127. The summed E-state index contributed by atoms with van der Waals surface area (Å²) in [5.41, 5.74) is 2.49. The van der Waals surface area contributed by atoms with Crippen LogP contribution in [0.1, 0.15) is 24.1 Å². The average molecular weight is 416 g/mol. The molecule has 0 aliphatic rings. The van der Waals surface area contributed by atoms with E-state index in [4.69, 9.17) is 16.3 Å². The van der Waals surface area contributed by atoms with Crippen LogP contribution in [0.3, 0.4) is 0 Å². The third kappa shape index (κ3) is 4.59. The van der Waals surface area contributed by atoms with E-state index in [-0.39, 0.29) is 6.04 Å². The van der Waals surface area contributed by atoms with Crippen molar-refractivity contribution in [3.63, 3.8) is 0 Å². The Labute approximate surface area is 145 Å². The van der Waals surface area contributed by atoms with Gasteiger partial charge in [-0.2, -0.15) is 0 Å². The first-order valence-corrected chi connectivity index (χ1v) is 8.41. The van der Waals surface area contributed by atoms with Crippen LogP contribution in [-0.2, 0) is 6.42 Å². The lowest BCUT2D eigenvalue weighted by Gasteiger charge is -2.20. The molecule has 0 aliphatic heterocycles.